The second kappa shape index (κ2) is 4.50. The van der Waals surface area contributed by atoms with Crippen molar-refractivity contribution in [3.8, 4) is 11.3 Å². The molecule has 0 unspecified atom stereocenters. The van der Waals surface area contributed by atoms with Crippen LogP contribution in [0, 0.1) is 6.92 Å². The maximum Gasteiger partial charge on any atom is 0.126 e. The molecule has 2 aromatic rings. The van der Waals surface area contributed by atoms with Crippen molar-refractivity contribution in [2.45, 2.75) is 32.7 Å². The van der Waals surface area contributed by atoms with E-state index in [2.05, 4.69) is 28.2 Å². The molecule has 2 N–H and O–H groups in total. The van der Waals surface area contributed by atoms with E-state index in [0.717, 1.165) is 17.2 Å². The zero-order chi connectivity index (χ0) is 12.5. The van der Waals surface area contributed by atoms with Crippen molar-refractivity contribution in [2.75, 3.05) is 0 Å². The zero-order valence-electron chi connectivity index (χ0n) is 10.6. The van der Waals surface area contributed by atoms with E-state index in [0.29, 0.717) is 6.54 Å². The Morgan fingerprint density at radius 1 is 1.11 bits per heavy atom. The van der Waals surface area contributed by atoms with Crippen molar-refractivity contribution in [2.24, 2.45) is 5.73 Å². The molecule has 3 rings (SSSR count). The second-order valence-electron chi connectivity index (χ2n) is 4.83. The van der Waals surface area contributed by atoms with E-state index in [1.54, 1.807) is 0 Å². The smallest absolute Gasteiger partial charge is 0.126 e. The highest BCUT2D eigenvalue weighted by molar-refractivity contribution is 5.62. The predicted octanol–water partition coefficient (Wildman–Crippen LogP) is 2.40. The van der Waals surface area contributed by atoms with Crippen LogP contribution in [0.5, 0.6) is 0 Å². The first-order valence-corrected chi connectivity index (χ1v) is 6.43. The van der Waals surface area contributed by atoms with Crippen LogP contribution in [0.15, 0.2) is 24.3 Å². The summed E-state index contributed by atoms with van der Waals surface area (Å²) >= 11 is 0. The van der Waals surface area contributed by atoms with Crippen LogP contribution in [0.25, 0.3) is 11.3 Å². The van der Waals surface area contributed by atoms with Gasteiger partial charge in [0.05, 0.1) is 11.4 Å². The van der Waals surface area contributed by atoms with Crippen molar-refractivity contribution < 1.29 is 0 Å². The molecule has 1 aromatic carbocycles. The van der Waals surface area contributed by atoms with Gasteiger partial charge in [-0.15, -0.1) is 0 Å². The number of hydrogen-bond donors (Lipinski definition) is 1. The minimum Gasteiger partial charge on any atom is -0.325 e. The van der Waals surface area contributed by atoms with Crippen LogP contribution in [-0.2, 0) is 19.4 Å². The standard InChI is InChI=1S/C15H17N3/c1-10-17-14(9-16)8-15(18-10)13-6-5-11-3-2-4-12(11)7-13/h5-8H,2-4,9,16H2,1H3. The Morgan fingerprint density at radius 2 is 1.94 bits per heavy atom. The molecule has 0 spiro atoms. The van der Waals surface area contributed by atoms with Crippen LogP contribution in [0.1, 0.15) is 29.1 Å². The van der Waals surface area contributed by atoms with E-state index in [1.165, 1.54) is 36.0 Å². The van der Waals surface area contributed by atoms with Crippen molar-refractivity contribution >= 4 is 0 Å². The van der Waals surface area contributed by atoms with E-state index in [1.807, 2.05) is 13.0 Å². The molecule has 0 saturated carbocycles. The molecule has 0 atom stereocenters. The normalized spacial score (nSPS) is 13.7. The third-order valence-electron chi connectivity index (χ3n) is 3.49. The average Bonchev–Trinajstić information content (AvgIpc) is 2.85. The molecular formula is C15H17N3. The molecule has 18 heavy (non-hydrogen) atoms. The van der Waals surface area contributed by atoms with Crippen molar-refractivity contribution in [1.82, 2.24) is 9.97 Å². The van der Waals surface area contributed by atoms with Gasteiger partial charge < -0.3 is 5.73 Å². The summed E-state index contributed by atoms with van der Waals surface area (Å²) in [5, 5.41) is 0. The van der Waals surface area contributed by atoms with E-state index in [9.17, 15) is 0 Å². The Labute approximate surface area is 107 Å². The molecule has 0 saturated heterocycles. The molecule has 0 bridgehead atoms. The van der Waals surface area contributed by atoms with Gasteiger partial charge in [0.25, 0.3) is 0 Å². The van der Waals surface area contributed by atoms with Gasteiger partial charge in [-0.05, 0) is 49.4 Å². The number of aryl methyl sites for hydroxylation is 3. The molecular weight excluding hydrogens is 222 g/mol. The highest BCUT2D eigenvalue weighted by Crippen LogP contribution is 2.27. The first-order chi connectivity index (χ1) is 8.76. The number of nitrogens with two attached hydrogens (primary N) is 1. The lowest BCUT2D eigenvalue weighted by atomic mass is 10.0. The summed E-state index contributed by atoms with van der Waals surface area (Å²) in [6.45, 7) is 2.37. The summed E-state index contributed by atoms with van der Waals surface area (Å²) < 4.78 is 0. The number of fused-ring (bicyclic) bond motifs is 1. The molecule has 0 fully saturated rings. The molecule has 0 aliphatic heterocycles. The fraction of sp³-hybridized carbons (Fsp3) is 0.333. The Kier molecular flexibility index (Phi) is 2.84. The summed E-state index contributed by atoms with van der Waals surface area (Å²) in [7, 11) is 0. The number of benzene rings is 1. The van der Waals surface area contributed by atoms with Gasteiger partial charge >= 0.3 is 0 Å². The summed E-state index contributed by atoms with van der Waals surface area (Å²) in [5.74, 6) is 0.786. The van der Waals surface area contributed by atoms with Crippen molar-refractivity contribution in [1.29, 1.82) is 0 Å². The van der Waals surface area contributed by atoms with Gasteiger partial charge in [-0.3, -0.25) is 0 Å². The van der Waals surface area contributed by atoms with Gasteiger partial charge in [-0.25, -0.2) is 9.97 Å². The number of rotatable bonds is 2. The van der Waals surface area contributed by atoms with Gasteiger partial charge in [0.1, 0.15) is 5.82 Å². The predicted molar refractivity (Wildman–Crippen MR) is 72.1 cm³/mol. The zero-order valence-corrected chi connectivity index (χ0v) is 10.6. The highest BCUT2D eigenvalue weighted by atomic mass is 14.9. The fourth-order valence-corrected chi connectivity index (χ4v) is 2.61. The Hall–Kier alpha value is -1.74. The van der Waals surface area contributed by atoms with Gasteiger partial charge in [0, 0.05) is 12.1 Å². The van der Waals surface area contributed by atoms with Crippen LogP contribution >= 0.6 is 0 Å². The second-order valence-corrected chi connectivity index (χ2v) is 4.83. The Balaban J connectivity index is 2.06. The van der Waals surface area contributed by atoms with Crippen LogP contribution in [0.3, 0.4) is 0 Å². The molecule has 3 heteroatoms. The van der Waals surface area contributed by atoms with Crippen LogP contribution in [0.2, 0.25) is 0 Å². The van der Waals surface area contributed by atoms with Gasteiger partial charge in [0.15, 0.2) is 0 Å². The highest BCUT2D eigenvalue weighted by Gasteiger charge is 2.12. The van der Waals surface area contributed by atoms with E-state index in [-0.39, 0.29) is 0 Å². The third-order valence-corrected chi connectivity index (χ3v) is 3.49. The molecule has 1 heterocycles. The molecule has 3 nitrogen and oxygen atoms in total. The SMILES string of the molecule is Cc1nc(CN)cc(-c2ccc3c(c2)CCC3)n1. The van der Waals surface area contributed by atoms with Crippen LogP contribution in [0.4, 0.5) is 0 Å². The summed E-state index contributed by atoms with van der Waals surface area (Å²) in [6, 6.07) is 8.65. The van der Waals surface area contributed by atoms with E-state index in [4.69, 9.17) is 5.73 Å². The molecule has 0 radical (unpaired) electrons. The Bertz CT molecular complexity index is 590. The minimum atomic E-state index is 0.460. The molecule has 1 aliphatic carbocycles. The topological polar surface area (TPSA) is 51.8 Å². The maximum atomic E-state index is 5.67. The van der Waals surface area contributed by atoms with Gasteiger partial charge in [0.2, 0.25) is 0 Å². The van der Waals surface area contributed by atoms with Gasteiger partial charge in [-0.1, -0.05) is 12.1 Å². The maximum absolute atomic E-state index is 5.67. The molecule has 92 valence electrons. The number of nitrogens with zero attached hydrogens (tertiary/aromatic N) is 2. The van der Waals surface area contributed by atoms with E-state index >= 15 is 0 Å². The molecule has 0 amide bonds. The lowest BCUT2D eigenvalue weighted by molar-refractivity contribution is 0.911. The lowest BCUT2D eigenvalue weighted by Crippen LogP contribution is -2.03. The lowest BCUT2D eigenvalue weighted by Gasteiger charge is -2.07. The summed E-state index contributed by atoms with van der Waals surface area (Å²) in [4.78, 5) is 8.83. The number of hydrogen-bond acceptors (Lipinski definition) is 3. The van der Waals surface area contributed by atoms with Gasteiger partial charge in [-0.2, -0.15) is 0 Å². The quantitative estimate of drug-likeness (QED) is 0.875. The largest absolute Gasteiger partial charge is 0.325 e. The Morgan fingerprint density at radius 3 is 2.78 bits per heavy atom. The van der Waals surface area contributed by atoms with Crippen molar-refractivity contribution in [3.05, 3.63) is 46.9 Å². The van der Waals surface area contributed by atoms with Crippen LogP contribution in [-0.4, -0.2) is 9.97 Å². The minimum absolute atomic E-state index is 0.460. The first kappa shape index (κ1) is 11.4. The summed E-state index contributed by atoms with van der Waals surface area (Å²) in [6.07, 6.45) is 3.68. The average molecular weight is 239 g/mol. The molecule has 1 aromatic heterocycles. The fourth-order valence-electron chi connectivity index (χ4n) is 2.61. The van der Waals surface area contributed by atoms with Crippen molar-refractivity contribution in [3.63, 3.8) is 0 Å². The van der Waals surface area contributed by atoms with E-state index < -0.39 is 0 Å². The van der Waals surface area contributed by atoms with Crippen LogP contribution < -0.4 is 5.73 Å². The summed E-state index contributed by atoms with van der Waals surface area (Å²) in [5.41, 5.74) is 11.7. The molecule has 1 aliphatic rings. The first-order valence-electron chi connectivity index (χ1n) is 6.43. The number of aromatic nitrogens is 2. The third kappa shape index (κ3) is 2.02. The monoisotopic (exact) mass is 239 g/mol.